The summed E-state index contributed by atoms with van der Waals surface area (Å²) in [6.45, 7) is 0.0947. The van der Waals surface area contributed by atoms with Crippen LogP contribution in [0.25, 0.3) is 0 Å². The van der Waals surface area contributed by atoms with Gasteiger partial charge in [0.1, 0.15) is 11.6 Å². The van der Waals surface area contributed by atoms with E-state index in [0.29, 0.717) is 28.4 Å². The van der Waals surface area contributed by atoms with Gasteiger partial charge in [0.2, 0.25) is 12.5 Å². The van der Waals surface area contributed by atoms with Crippen LogP contribution in [0, 0.1) is 0 Å². The quantitative estimate of drug-likeness (QED) is 0.582. The van der Waals surface area contributed by atoms with E-state index in [0.717, 1.165) is 0 Å². The molecule has 1 unspecified atom stereocenters. The molecule has 2 heterocycles. The second-order valence-electron chi connectivity index (χ2n) is 6.33. The lowest BCUT2D eigenvalue weighted by atomic mass is 9.96. The first-order valence-corrected chi connectivity index (χ1v) is 8.85. The van der Waals surface area contributed by atoms with E-state index in [4.69, 9.17) is 18.9 Å². The van der Waals surface area contributed by atoms with Gasteiger partial charge in [-0.1, -0.05) is 6.07 Å². The van der Waals surface area contributed by atoms with Gasteiger partial charge >= 0.3 is 0 Å². The molecule has 3 N–H and O–H groups in total. The van der Waals surface area contributed by atoms with Gasteiger partial charge in [0.25, 0.3) is 0 Å². The number of hydrogen-bond acceptors (Lipinski definition) is 8. The van der Waals surface area contributed by atoms with Crippen molar-refractivity contribution >= 4 is 5.82 Å². The topological polar surface area (TPSA) is 102 Å². The van der Waals surface area contributed by atoms with Crippen molar-refractivity contribution in [2.75, 3.05) is 26.3 Å². The third kappa shape index (κ3) is 3.52. The Morgan fingerprint density at radius 3 is 2.31 bits per heavy atom. The number of phenolic OH excluding ortho intramolecular Hbond substituents is 2. The largest absolute Gasteiger partial charge is 0.507 e. The third-order valence-corrected chi connectivity index (χ3v) is 4.63. The van der Waals surface area contributed by atoms with Crippen molar-refractivity contribution in [3.05, 3.63) is 59.8 Å². The molecule has 8 nitrogen and oxygen atoms in total. The Labute approximate surface area is 167 Å². The third-order valence-electron chi connectivity index (χ3n) is 4.63. The summed E-state index contributed by atoms with van der Waals surface area (Å²) in [6, 6.07) is 11.5. The number of methoxy groups -OCH3 is 2. The Bertz CT molecular complexity index is 1000. The molecule has 1 atom stereocenters. The highest BCUT2D eigenvalue weighted by Crippen LogP contribution is 2.45. The number of ether oxygens (including phenoxy) is 4. The average molecular weight is 396 g/mol. The molecule has 0 amide bonds. The number of nitrogens with one attached hydrogen (secondary N) is 1. The van der Waals surface area contributed by atoms with Crippen molar-refractivity contribution in [1.82, 2.24) is 4.98 Å². The highest BCUT2D eigenvalue weighted by atomic mass is 16.7. The Morgan fingerprint density at radius 1 is 1.00 bits per heavy atom. The first-order valence-electron chi connectivity index (χ1n) is 8.85. The Balaban J connectivity index is 1.86. The van der Waals surface area contributed by atoms with Gasteiger partial charge in [-0.3, -0.25) is 0 Å². The predicted octanol–water partition coefficient (Wildman–Crippen LogP) is 3.44. The van der Waals surface area contributed by atoms with Crippen LogP contribution in [0.2, 0.25) is 0 Å². The van der Waals surface area contributed by atoms with Crippen LogP contribution in [0.5, 0.6) is 34.5 Å². The zero-order valence-electron chi connectivity index (χ0n) is 15.9. The summed E-state index contributed by atoms with van der Waals surface area (Å²) >= 11 is 0. The summed E-state index contributed by atoms with van der Waals surface area (Å²) in [5.41, 5.74) is 1.21. The smallest absolute Gasteiger partial charge is 0.231 e. The minimum absolute atomic E-state index is 0.0219. The number of rotatable bonds is 6. The summed E-state index contributed by atoms with van der Waals surface area (Å²) in [4.78, 5) is 4.31. The molecule has 1 aromatic heterocycles. The normalized spacial score (nSPS) is 13.0. The zero-order chi connectivity index (χ0) is 20.4. The van der Waals surface area contributed by atoms with E-state index >= 15 is 0 Å². The molecule has 29 heavy (non-hydrogen) atoms. The molecule has 8 heteroatoms. The van der Waals surface area contributed by atoms with Crippen LogP contribution in [-0.4, -0.2) is 36.2 Å². The molecule has 0 bridgehead atoms. The van der Waals surface area contributed by atoms with E-state index in [1.165, 1.54) is 20.3 Å². The van der Waals surface area contributed by atoms with Gasteiger partial charge in [0, 0.05) is 17.8 Å². The van der Waals surface area contributed by atoms with E-state index in [9.17, 15) is 10.2 Å². The fraction of sp³-hybridized carbons (Fsp3) is 0.190. The fourth-order valence-corrected chi connectivity index (χ4v) is 3.20. The van der Waals surface area contributed by atoms with Crippen molar-refractivity contribution in [2.24, 2.45) is 0 Å². The summed E-state index contributed by atoms with van der Waals surface area (Å²) in [6.07, 6.45) is 1.66. The molecule has 1 aliphatic heterocycles. The number of aromatic nitrogens is 1. The number of nitrogens with zero attached hydrogens (tertiary/aromatic N) is 1. The van der Waals surface area contributed by atoms with E-state index in [-0.39, 0.29) is 29.8 Å². The van der Waals surface area contributed by atoms with Crippen molar-refractivity contribution < 1.29 is 29.2 Å². The lowest BCUT2D eigenvalue weighted by Gasteiger charge is -2.23. The second-order valence-corrected chi connectivity index (χ2v) is 6.33. The number of fused-ring (bicyclic) bond motifs is 1. The number of hydrogen-bond donors (Lipinski definition) is 3. The summed E-state index contributed by atoms with van der Waals surface area (Å²) in [5, 5.41) is 24.3. The number of anilines is 1. The standard InChI is InChI=1S/C21H20N2O6/c1-26-17-7-12(8-18(27-2)21(17)25)20(23-19-5-3-4-6-22-19)13-9-15-16(10-14(13)24)29-11-28-15/h3-10,20,24-25H,11H2,1-2H3,(H,22,23). The SMILES string of the molecule is COc1cc(C(Nc2ccccn2)c2cc3c(cc2O)OCO3)cc(OC)c1O. The average Bonchev–Trinajstić information content (AvgIpc) is 3.20. The van der Waals surface area contributed by atoms with E-state index in [1.54, 1.807) is 24.4 Å². The maximum absolute atomic E-state index is 10.7. The minimum Gasteiger partial charge on any atom is -0.507 e. The van der Waals surface area contributed by atoms with E-state index in [2.05, 4.69) is 10.3 Å². The van der Waals surface area contributed by atoms with Crippen LogP contribution in [0.1, 0.15) is 17.2 Å². The molecule has 0 aliphatic carbocycles. The van der Waals surface area contributed by atoms with E-state index < -0.39 is 6.04 Å². The number of phenols is 2. The Morgan fingerprint density at radius 2 is 1.69 bits per heavy atom. The first-order chi connectivity index (χ1) is 14.1. The summed E-state index contributed by atoms with van der Waals surface area (Å²) < 4.78 is 21.4. The van der Waals surface area contributed by atoms with Gasteiger partial charge in [0.15, 0.2) is 23.0 Å². The fourth-order valence-electron chi connectivity index (χ4n) is 3.20. The maximum Gasteiger partial charge on any atom is 0.231 e. The lowest BCUT2D eigenvalue weighted by Crippen LogP contribution is -2.14. The Kier molecular flexibility index (Phi) is 4.90. The van der Waals surface area contributed by atoms with Crippen LogP contribution in [0.15, 0.2) is 48.7 Å². The molecule has 0 saturated heterocycles. The highest BCUT2D eigenvalue weighted by Gasteiger charge is 2.26. The molecular formula is C21H20N2O6. The van der Waals surface area contributed by atoms with Gasteiger partial charge < -0.3 is 34.5 Å². The van der Waals surface area contributed by atoms with Gasteiger partial charge in [-0.25, -0.2) is 4.98 Å². The molecule has 4 rings (SSSR count). The summed E-state index contributed by atoms with van der Waals surface area (Å²) in [7, 11) is 2.91. The van der Waals surface area contributed by atoms with Crippen LogP contribution in [0.3, 0.4) is 0 Å². The minimum atomic E-state index is -0.553. The lowest BCUT2D eigenvalue weighted by molar-refractivity contribution is 0.174. The van der Waals surface area contributed by atoms with Gasteiger partial charge in [-0.05, 0) is 35.9 Å². The zero-order valence-corrected chi connectivity index (χ0v) is 15.9. The van der Waals surface area contributed by atoms with Crippen molar-refractivity contribution in [3.8, 4) is 34.5 Å². The van der Waals surface area contributed by atoms with Crippen LogP contribution >= 0.6 is 0 Å². The molecular weight excluding hydrogens is 376 g/mol. The molecule has 0 fully saturated rings. The summed E-state index contributed by atoms with van der Waals surface area (Å²) in [5.74, 6) is 2.01. The van der Waals surface area contributed by atoms with E-state index in [1.807, 2.05) is 18.2 Å². The van der Waals surface area contributed by atoms with Crippen LogP contribution in [0.4, 0.5) is 5.82 Å². The van der Waals surface area contributed by atoms with Gasteiger partial charge in [-0.2, -0.15) is 0 Å². The highest BCUT2D eigenvalue weighted by molar-refractivity contribution is 5.60. The van der Waals surface area contributed by atoms with Crippen LogP contribution < -0.4 is 24.3 Å². The molecule has 150 valence electrons. The molecule has 3 aromatic rings. The number of aromatic hydroxyl groups is 2. The molecule has 0 saturated carbocycles. The predicted molar refractivity (Wildman–Crippen MR) is 105 cm³/mol. The maximum atomic E-state index is 10.7. The van der Waals surface area contributed by atoms with Crippen molar-refractivity contribution in [1.29, 1.82) is 0 Å². The Hall–Kier alpha value is -3.81. The van der Waals surface area contributed by atoms with Gasteiger partial charge in [-0.15, -0.1) is 0 Å². The number of pyridine rings is 1. The van der Waals surface area contributed by atoms with Gasteiger partial charge in [0.05, 0.1) is 20.3 Å². The van der Waals surface area contributed by atoms with Crippen molar-refractivity contribution in [3.63, 3.8) is 0 Å². The molecule has 0 radical (unpaired) electrons. The monoisotopic (exact) mass is 396 g/mol. The van der Waals surface area contributed by atoms with Crippen molar-refractivity contribution in [2.45, 2.75) is 6.04 Å². The number of benzene rings is 2. The molecule has 1 aliphatic rings. The first kappa shape index (κ1) is 18.5. The molecule has 0 spiro atoms. The second kappa shape index (κ2) is 7.67. The molecule has 2 aromatic carbocycles. The van der Waals surface area contributed by atoms with Crippen LogP contribution in [-0.2, 0) is 0 Å².